The number of aromatic nitrogens is 1. The van der Waals surface area contributed by atoms with Crippen molar-refractivity contribution in [1.29, 1.82) is 0 Å². The molecule has 1 aliphatic carbocycles. The third kappa shape index (κ3) is 4.03. The number of allylic oxidation sites excluding steroid dienone is 1. The first-order chi connectivity index (χ1) is 8.13. The van der Waals surface area contributed by atoms with E-state index in [1.807, 2.05) is 6.07 Å². The molecule has 1 aromatic heterocycles. The van der Waals surface area contributed by atoms with Gasteiger partial charge in [-0.25, -0.2) is 4.98 Å². The van der Waals surface area contributed by atoms with E-state index in [1.165, 1.54) is 0 Å². The summed E-state index contributed by atoms with van der Waals surface area (Å²) >= 11 is 5.68. The normalized spacial score (nSPS) is 15.7. The molecule has 0 atom stereocenters. The average Bonchev–Trinajstić information content (AvgIpc) is 3.04. The number of hydrogen-bond acceptors (Lipinski definition) is 4. The van der Waals surface area contributed by atoms with E-state index >= 15 is 0 Å². The second-order valence-electron chi connectivity index (χ2n) is 4.02. The molecular formula is C11H12ClN3O2. The lowest BCUT2D eigenvalue weighted by molar-refractivity contribution is -0.403. The van der Waals surface area contributed by atoms with E-state index in [0.717, 1.165) is 24.6 Å². The highest BCUT2D eigenvalue weighted by molar-refractivity contribution is 6.29. The van der Waals surface area contributed by atoms with Gasteiger partial charge in [0.05, 0.1) is 10.6 Å². The SMILES string of the molecule is O=[N+]([O-])/C=C(/Cc1ccc(Cl)nc1)NC1CC1. The van der Waals surface area contributed by atoms with Gasteiger partial charge >= 0.3 is 0 Å². The van der Waals surface area contributed by atoms with Gasteiger partial charge in [0.25, 0.3) is 6.20 Å². The maximum absolute atomic E-state index is 10.5. The Bertz CT molecular complexity index is 441. The van der Waals surface area contributed by atoms with E-state index in [-0.39, 0.29) is 0 Å². The summed E-state index contributed by atoms with van der Waals surface area (Å²) in [6.45, 7) is 0. The summed E-state index contributed by atoms with van der Waals surface area (Å²) < 4.78 is 0. The number of hydrogen-bond donors (Lipinski definition) is 1. The molecule has 0 saturated heterocycles. The second-order valence-corrected chi connectivity index (χ2v) is 4.41. The number of halogens is 1. The monoisotopic (exact) mass is 253 g/mol. The first-order valence-electron chi connectivity index (χ1n) is 5.34. The van der Waals surface area contributed by atoms with E-state index in [9.17, 15) is 10.1 Å². The van der Waals surface area contributed by atoms with Crippen LogP contribution in [-0.4, -0.2) is 15.9 Å². The third-order valence-electron chi connectivity index (χ3n) is 2.41. The van der Waals surface area contributed by atoms with Crippen LogP contribution in [0.3, 0.4) is 0 Å². The Morgan fingerprint density at radius 3 is 2.94 bits per heavy atom. The Kier molecular flexibility index (Phi) is 3.58. The zero-order valence-corrected chi connectivity index (χ0v) is 9.85. The molecule has 1 fully saturated rings. The molecular weight excluding hydrogens is 242 g/mol. The quantitative estimate of drug-likeness (QED) is 0.496. The molecule has 1 heterocycles. The van der Waals surface area contributed by atoms with Crippen LogP contribution in [0.15, 0.2) is 30.2 Å². The fourth-order valence-electron chi connectivity index (χ4n) is 1.48. The van der Waals surface area contributed by atoms with E-state index in [4.69, 9.17) is 11.6 Å². The molecule has 1 N–H and O–H groups in total. The minimum atomic E-state index is -0.436. The molecule has 17 heavy (non-hydrogen) atoms. The van der Waals surface area contributed by atoms with E-state index < -0.39 is 4.92 Å². The summed E-state index contributed by atoms with van der Waals surface area (Å²) in [4.78, 5) is 14.0. The van der Waals surface area contributed by atoms with Gasteiger partial charge in [0.2, 0.25) is 0 Å². The van der Waals surface area contributed by atoms with Crippen LogP contribution >= 0.6 is 11.6 Å². The number of pyridine rings is 1. The van der Waals surface area contributed by atoms with Crippen molar-refractivity contribution in [3.8, 4) is 0 Å². The van der Waals surface area contributed by atoms with Crippen LogP contribution in [0.4, 0.5) is 0 Å². The van der Waals surface area contributed by atoms with E-state index in [0.29, 0.717) is 23.3 Å². The first kappa shape index (κ1) is 11.9. The molecule has 0 amide bonds. The molecule has 0 unspecified atom stereocenters. The van der Waals surface area contributed by atoms with Crippen LogP contribution in [-0.2, 0) is 6.42 Å². The fraction of sp³-hybridized carbons (Fsp3) is 0.364. The van der Waals surface area contributed by atoms with Crippen molar-refractivity contribution in [2.45, 2.75) is 25.3 Å². The van der Waals surface area contributed by atoms with Crippen LogP contribution in [0.5, 0.6) is 0 Å². The minimum absolute atomic E-state index is 0.390. The van der Waals surface area contributed by atoms with Crippen molar-refractivity contribution >= 4 is 11.6 Å². The average molecular weight is 254 g/mol. The predicted octanol–water partition coefficient (Wildman–Crippen LogP) is 2.15. The second kappa shape index (κ2) is 5.14. The topological polar surface area (TPSA) is 68.1 Å². The summed E-state index contributed by atoms with van der Waals surface area (Å²) in [5.74, 6) is 0. The Morgan fingerprint density at radius 2 is 2.41 bits per heavy atom. The van der Waals surface area contributed by atoms with Gasteiger partial charge in [-0.05, 0) is 24.5 Å². The molecule has 0 aliphatic heterocycles. The number of nitrogens with zero attached hydrogens (tertiary/aromatic N) is 2. The summed E-state index contributed by atoms with van der Waals surface area (Å²) in [5.41, 5.74) is 1.51. The maximum atomic E-state index is 10.5. The van der Waals surface area contributed by atoms with Crippen molar-refractivity contribution in [1.82, 2.24) is 10.3 Å². The van der Waals surface area contributed by atoms with E-state index in [1.54, 1.807) is 12.3 Å². The number of nitro groups is 1. The van der Waals surface area contributed by atoms with Crippen molar-refractivity contribution in [2.24, 2.45) is 0 Å². The molecule has 1 aliphatic rings. The molecule has 2 rings (SSSR count). The van der Waals surface area contributed by atoms with Crippen LogP contribution < -0.4 is 5.32 Å². The van der Waals surface area contributed by atoms with Crippen LogP contribution in [0.2, 0.25) is 5.15 Å². The fourth-order valence-corrected chi connectivity index (χ4v) is 1.59. The maximum Gasteiger partial charge on any atom is 0.253 e. The van der Waals surface area contributed by atoms with Crippen molar-refractivity contribution in [3.63, 3.8) is 0 Å². The summed E-state index contributed by atoms with van der Waals surface area (Å²) in [6.07, 6.45) is 5.28. The Hall–Kier alpha value is -1.62. The van der Waals surface area contributed by atoms with Crippen molar-refractivity contribution in [2.75, 3.05) is 0 Å². The zero-order valence-electron chi connectivity index (χ0n) is 9.10. The zero-order chi connectivity index (χ0) is 12.3. The molecule has 0 spiro atoms. The molecule has 6 heteroatoms. The Morgan fingerprint density at radius 1 is 1.65 bits per heavy atom. The largest absolute Gasteiger partial charge is 0.380 e. The Balaban J connectivity index is 2.05. The van der Waals surface area contributed by atoms with Gasteiger partial charge in [-0.2, -0.15) is 0 Å². The number of nitrogens with one attached hydrogen (secondary N) is 1. The van der Waals surface area contributed by atoms with Crippen molar-refractivity contribution < 1.29 is 4.92 Å². The molecule has 90 valence electrons. The molecule has 5 nitrogen and oxygen atoms in total. The smallest absolute Gasteiger partial charge is 0.253 e. The molecule has 0 radical (unpaired) electrons. The van der Waals surface area contributed by atoms with Gasteiger partial charge in [0.1, 0.15) is 5.15 Å². The Labute approximate surface area is 104 Å². The van der Waals surface area contributed by atoms with Gasteiger partial charge in [0.15, 0.2) is 0 Å². The van der Waals surface area contributed by atoms with Gasteiger partial charge in [-0.1, -0.05) is 17.7 Å². The van der Waals surface area contributed by atoms with Crippen LogP contribution in [0, 0.1) is 10.1 Å². The lowest BCUT2D eigenvalue weighted by atomic mass is 10.1. The van der Waals surface area contributed by atoms with Gasteiger partial charge < -0.3 is 5.32 Å². The molecule has 1 saturated carbocycles. The van der Waals surface area contributed by atoms with Gasteiger partial charge in [-0.3, -0.25) is 10.1 Å². The summed E-state index contributed by atoms with van der Waals surface area (Å²) in [7, 11) is 0. The van der Waals surface area contributed by atoms with Crippen LogP contribution in [0.25, 0.3) is 0 Å². The van der Waals surface area contributed by atoms with Gasteiger partial charge in [-0.15, -0.1) is 0 Å². The number of rotatable bonds is 5. The lowest BCUT2D eigenvalue weighted by Gasteiger charge is -2.07. The third-order valence-corrected chi connectivity index (χ3v) is 2.63. The molecule has 0 aromatic carbocycles. The molecule has 1 aromatic rings. The predicted molar refractivity (Wildman–Crippen MR) is 64.2 cm³/mol. The highest BCUT2D eigenvalue weighted by Crippen LogP contribution is 2.21. The minimum Gasteiger partial charge on any atom is -0.380 e. The highest BCUT2D eigenvalue weighted by Gasteiger charge is 2.22. The summed E-state index contributed by atoms with van der Waals surface area (Å²) in [6, 6.07) is 3.89. The summed E-state index contributed by atoms with van der Waals surface area (Å²) in [5, 5.41) is 14.1. The van der Waals surface area contributed by atoms with Crippen molar-refractivity contribution in [3.05, 3.63) is 51.1 Å². The lowest BCUT2D eigenvalue weighted by Crippen LogP contribution is -2.18. The standard InChI is InChI=1S/C11H12ClN3O2/c12-11-4-1-8(6-13-11)5-10(7-15(16)17)14-9-2-3-9/h1,4,6-7,9,14H,2-3,5H2/b10-7-. The first-order valence-corrected chi connectivity index (χ1v) is 5.72. The van der Waals surface area contributed by atoms with E-state index in [2.05, 4.69) is 10.3 Å². The highest BCUT2D eigenvalue weighted by atomic mass is 35.5. The molecule has 0 bridgehead atoms. The van der Waals surface area contributed by atoms with Gasteiger partial charge in [0, 0.05) is 18.7 Å². The van der Waals surface area contributed by atoms with Crippen LogP contribution in [0.1, 0.15) is 18.4 Å².